The number of fused-ring (bicyclic) bond motifs is 1. The molecule has 1 aromatic carbocycles. The smallest absolute Gasteiger partial charge is 0.420 e. The number of carbonyl (C=O) groups is 3. The lowest BCUT2D eigenvalue weighted by Gasteiger charge is -2.18. The second-order valence-corrected chi connectivity index (χ2v) is 8.78. The second kappa shape index (κ2) is 9.89. The molecule has 188 valence electrons. The van der Waals surface area contributed by atoms with E-state index in [1.807, 2.05) is 0 Å². The molecule has 0 saturated carbocycles. The first kappa shape index (κ1) is 25.0. The number of thiazole rings is 1. The van der Waals surface area contributed by atoms with Gasteiger partial charge in [-0.2, -0.15) is 13.2 Å². The number of methoxy groups -OCH3 is 1. The Kier molecular flexibility index (Phi) is 6.88. The fourth-order valence-electron chi connectivity index (χ4n) is 3.51. The van der Waals surface area contributed by atoms with Crippen LogP contribution in [0.5, 0.6) is 5.75 Å². The highest BCUT2D eigenvalue weighted by atomic mass is 32.1. The van der Waals surface area contributed by atoms with Crippen molar-refractivity contribution < 1.29 is 32.3 Å². The number of anilines is 2. The molecule has 3 amide bonds. The Hall–Kier alpha value is -4.07. The normalized spacial score (nSPS) is 13.9. The summed E-state index contributed by atoms with van der Waals surface area (Å²) in [6.45, 7) is 1.66. The first-order valence-corrected chi connectivity index (χ1v) is 11.4. The molecule has 0 spiro atoms. The fourth-order valence-corrected chi connectivity index (χ4v) is 4.32. The molecule has 14 heteroatoms. The van der Waals surface area contributed by atoms with Crippen molar-refractivity contribution in [1.82, 2.24) is 20.3 Å². The van der Waals surface area contributed by atoms with Crippen LogP contribution in [0.3, 0.4) is 0 Å². The third kappa shape index (κ3) is 5.27. The molecular formula is C22H19F3N6O4S. The number of carbonyl (C=O) groups excluding carboxylic acids is 3. The quantitative estimate of drug-likeness (QED) is 0.452. The Labute approximate surface area is 206 Å². The monoisotopic (exact) mass is 520 g/mol. The van der Waals surface area contributed by atoms with E-state index in [2.05, 4.69) is 30.9 Å². The van der Waals surface area contributed by atoms with Crippen molar-refractivity contribution >= 4 is 40.6 Å². The number of ether oxygens (including phenoxy) is 1. The number of nitrogens with zero attached hydrogens (tertiary/aromatic N) is 3. The summed E-state index contributed by atoms with van der Waals surface area (Å²) < 4.78 is 44.5. The van der Waals surface area contributed by atoms with Gasteiger partial charge in [0.05, 0.1) is 24.9 Å². The van der Waals surface area contributed by atoms with Crippen molar-refractivity contribution in [2.75, 3.05) is 17.7 Å². The molecule has 3 aromatic rings. The van der Waals surface area contributed by atoms with Gasteiger partial charge < -0.3 is 20.7 Å². The average Bonchev–Trinajstić information content (AvgIpc) is 3.33. The molecule has 3 heterocycles. The van der Waals surface area contributed by atoms with E-state index in [9.17, 15) is 27.6 Å². The first-order chi connectivity index (χ1) is 17.1. The molecule has 2 aromatic heterocycles. The molecular weight excluding hydrogens is 501 g/mol. The molecule has 0 aliphatic carbocycles. The third-order valence-electron chi connectivity index (χ3n) is 5.25. The highest BCUT2D eigenvalue weighted by molar-refractivity contribution is 7.13. The van der Waals surface area contributed by atoms with E-state index in [1.165, 1.54) is 18.6 Å². The molecule has 0 radical (unpaired) electrons. The summed E-state index contributed by atoms with van der Waals surface area (Å²) in [6, 6.07) is 2.59. The van der Waals surface area contributed by atoms with E-state index >= 15 is 0 Å². The summed E-state index contributed by atoms with van der Waals surface area (Å²) in [5.41, 5.74) is -0.430. The Balaban J connectivity index is 1.45. The molecule has 36 heavy (non-hydrogen) atoms. The van der Waals surface area contributed by atoms with Gasteiger partial charge in [-0.1, -0.05) is 0 Å². The maximum absolute atomic E-state index is 13.2. The predicted molar refractivity (Wildman–Crippen MR) is 123 cm³/mol. The molecule has 0 saturated heterocycles. The first-order valence-electron chi connectivity index (χ1n) is 10.5. The van der Waals surface area contributed by atoms with Crippen molar-refractivity contribution in [2.45, 2.75) is 32.0 Å². The number of amides is 3. The van der Waals surface area contributed by atoms with Crippen LogP contribution in [0.4, 0.5) is 24.7 Å². The van der Waals surface area contributed by atoms with Crippen molar-refractivity contribution in [3.63, 3.8) is 0 Å². The molecule has 0 fully saturated rings. The molecule has 3 N–H and O–H groups in total. The lowest BCUT2D eigenvalue weighted by molar-refractivity contribution is -0.138. The van der Waals surface area contributed by atoms with Crippen LogP contribution in [0.25, 0.3) is 0 Å². The van der Waals surface area contributed by atoms with Crippen molar-refractivity contribution in [3.8, 4) is 5.75 Å². The predicted octanol–water partition coefficient (Wildman–Crippen LogP) is 3.59. The molecule has 1 aliphatic rings. The van der Waals surface area contributed by atoms with Gasteiger partial charge in [-0.15, -0.1) is 11.3 Å². The highest BCUT2D eigenvalue weighted by Crippen LogP contribution is 2.38. The number of alkyl halides is 3. The van der Waals surface area contributed by atoms with Gasteiger partial charge in [0.1, 0.15) is 33.5 Å². The van der Waals surface area contributed by atoms with Gasteiger partial charge in [0.2, 0.25) is 5.91 Å². The topological polar surface area (TPSA) is 135 Å². The molecule has 0 bridgehead atoms. The van der Waals surface area contributed by atoms with Gasteiger partial charge in [0.25, 0.3) is 11.8 Å². The lowest BCUT2D eigenvalue weighted by atomic mass is 10.0. The van der Waals surface area contributed by atoms with Crippen LogP contribution >= 0.6 is 11.3 Å². The van der Waals surface area contributed by atoms with Crippen LogP contribution in [0.2, 0.25) is 0 Å². The van der Waals surface area contributed by atoms with Crippen molar-refractivity contribution in [2.24, 2.45) is 0 Å². The number of halogens is 3. The van der Waals surface area contributed by atoms with Crippen molar-refractivity contribution in [1.29, 1.82) is 0 Å². The molecule has 1 atom stereocenters. The van der Waals surface area contributed by atoms with Crippen LogP contribution in [-0.4, -0.2) is 39.8 Å². The van der Waals surface area contributed by atoms with E-state index < -0.39 is 29.6 Å². The number of nitrogens with one attached hydrogen (secondary N) is 3. The number of hydrogen-bond donors (Lipinski definition) is 3. The second-order valence-electron chi connectivity index (χ2n) is 7.72. The Morgan fingerprint density at radius 2 is 1.94 bits per heavy atom. The average molecular weight is 520 g/mol. The molecule has 0 unspecified atom stereocenters. The summed E-state index contributed by atoms with van der Waals surface area (Å²) in [7, 11) is 1.12. The zero-order valence-corrected chi connectivity index (χ0v) is 19.7. The van der Waals surface area contributed by atoms with Crippen LogP contribution in [0.15, 0.2) is 30.7 Å². The standard InChI is InChI=1S/C22H19F3N6O4S/c1-10(29-20(34)17-12-4-6-16(32)31-18(12)28-9-27-17)21-26-8-15(36-21)19(33)30-11-3-5-14(35-2)13(7-11)22(23,24)25/h3,5,7-10H,4,6H2,1-2H3,(H,29,34)(H,30,33)(H,27,28,31,32)/t10-/m1/s1. The van der Waals surface area contributed by atoms with Gasteiger partial charge in [-0.25, -0.2) is 15.0 Å². The number of benzene rings is 1. The Morgan fingerprint density at radius 3 is 2.67 bits per heavy atom. The third-order valence-corrected chi connectivity index (χ3v) is 6.43. The van der Waals surface area contributed by atoms with E-state index in [0.29, 0.717) is 22.8 Å². The zero-order chi connectivity index (χ0) is 26.0. The van der Waals surface area contributed by atoms with Gasteiger partial charge >= 0.3 is 6.18 Å². The van der Waals surface area contributed by atoms with Crippen LogP contribution in [0, 0.1) is 0 Å². The van der Waals surface area contributed by atoms with E-state index in [-0.39, 0.29) is 34.3 Å². The molecule has 10 nitrogen and oxygen atoms in total. The largest absolute Gasteiger partial charge is 0.496 e. The van der Waals surface area contributed by atoms with Crippen LogP contribution in [-0.2, 0) is 17.4 Å². The number of rotatable bonds is 6. The van der Waals surface area contributed by atoms with Gasteiger partial charge in [0, 0.05) is 17.7 Å². The minimum Gasteiger partial charge on any atom is -0.496 e. The Morgan fingerprint density at radius 1 is 1.17 bits per heavy atom. The summed E-state index contributed by atoms with van der Waals surface area (Å²) in [6.07, 6.45) is -1.68. The maximum atomic E-state index is 13.2. The zero-order valence-electron chi connectivity index (χ0n) is 18.9. The number of hydrogen-bond acceptors (Lipinski definition) is 8. The SMILES string of the molecule is COc1ccc(NC(=O)c2cnc([C@@H](C)NC(=O)c3ncnc4c3CCC(=O)N4)s2)cc1C(F)(F)F. The summed E-state index contributed by atoms with van der Waals surface area (Å²) in [4.78, 5) is 49.3. The molecule has 4 rings (SSSR count). The van der Waals surface area contributed by atoms with E-state index in [0.717, 1.165) is 30.6 Å². The Bertz CT molecular complexity index is 1340. The minimum absolute atomic E-state index is 0.0648. The maximum Gasteiger partial charge on any atom is 0.420 e. The summed E-state index contributed by atoms with van der Waals surface area (Å²) >= 11 is 0.977. The summed E-state index contributed by atoms with van der Waals surface area (Å²) in [5.74, 6) is -1.43. The lowest BCUT2D eigenvalue weighted by Crippen LogP contribution is -2.30. The van der Waals surface area contributed by atoms with Gasteiger partial charge in [-0.3, -0.25) is 14.4 Å². The van der Waals surface area contributed by atoms with E-state index in [4.69, 9.17) is 4.74 Å². The van der Waals surface area contributed by atoms with Crippen LogP contribution < -0.4 is 20.7 Å². The van der Waals surface area contributed by atoms with E-state index in [1.54, 1.807) is 6.92 Å². The fraction of sp³-hybridized carbons (Fsp3) is 0.273. The van der Waals surface area contributed by atoms with Crippen molar-refractivity contribution in [3.05, 3.63) is 57.4 Å². The van der Waals surface area contributed by atoms with Gasteiger partial charge in [-0.05, 0) is 31.5 Å². The highest BCUT2D eigenvalue weighted by Gasteiger charge is 2.34. The minimum atomic E-state index is -4.66. The summed E-state index contributed by atoms with van der Waals surface area (Å²) in [5, 5.41) is 8.16. The molecule has 1 aliphatic heterocycles. The van der Waals surface area contributed by atoms with Crippen LogP contribution in [0.1, 0.15) is 55.7 Å². The number of aromatic nitrogens is 3. The van der Waals surface area contributed by atoms with Gasteiger partial charge in [0.15, 0.2) is 0 Å².